The summed E-state index contributed by atoms with van der Waals surface area (Å²) < 4.78 is 5.02. The third-order valence-electron chi connectivity index (χ3n) is 2.45. The van der Waals surface area contributed by atoms with Crippen LogP contribution >= 0.6 is 11.3 Å². The summed E-state index contributed by atoms with van der Waals surface area (Å²) in [7, 11) is 1.45. The number of thiazole rings is 1. The number of carbonyl (C=O) groups excluding carboxylic acids is 1. The second-order valence-corrected chi connectivity index (χ2v) is 4.60. The number of carbonyl (C=O) groups is 1. The lowest BCUT2D eigenvalue weighted by Gasteiger charge is -2.05. The molecule has 8 heteroatoms. The number of hydrogen-bond donors (Lipinski definition) is 2. The Labute approximate surface area is 118 Å². The van der Waals surface area contributed by atoms with E-state index in [2.05, 4.69) is 20.4 Å². The number of amides is 1. The molecular weight excluding hydrogens is 280 g/mol. The van der Waals surface area contributed by atoms with Crippen LogP contribution in [-0.2, 0) is 0 Å². The van der Waals surface area contributed by atoms with E-state index in [9.17, 15) is 4.79 Å². The lowest BCUT2D eigenvalue weighted by Crippen LogP contribution is -2.13. The molecule has 0 bridgehead atoms. The SMILES string of the molecule is COc1ncccc1C(=O)Nc1nc(C(C)=NO)cs1. The van der Waals surface area contributed by atoms with Crippen molar-refractivity contribution >= 4 is 28.1 Å². The molecular formula is C12H12N4O3S. The quantitative estimate of drug-likeness (QED) is 0.510. The number of oxime groups is 1. The molecule has 0 spiro atoms. The normalized spacial score (nSPS) is 11.2. The fourth-order valence-electron chi connectivity index (χ4n) is 1.44. The topological polar surface area (TPSA) is 96.7 Å². The van der Waals surface area contributed by atoms with E-state index < -0.39 is 0 Å². The van der Waals surface area contributed by atoms with Crippen LogP contribution in [0, 0.1) is 0 Å². The van der Waals surface area contributed by atoms with E-state index in [4.69, 9.17) is 9.94 Å². The molecule has 0 saturated carbocycles. The number of anilines is 1. The van der Waals surface area contributed by atoms with E-state index in [0.717, 1.165) is 0 Å². The van der Waals surface area contributed by atoms with Gasteiger partial charge in [0.05, 0.1) is 7.11 Å². The van der Waals surface area contributed by atoms with Crippen LogP contribution in [0.25, 0.3) is 0 Å². The molecule has 0 aliphatic carbocycles. The summed E-state index contributed by atoms with van der Waals surface area (Å²) in [5, 5.41) is 16.5. The van der Waals surface area contributed by atoms with Crippen LogP contribution in [0.2, 0.25) is 0 Å². The first-order chi connectivity index (χ1) is 9.65. The molecule has 104 valence electrons. The first-order valence-corrected chi connectivity index (χ1v) is 6.48. The largest absolute Gasteiger partial charge is 0.480 e. The number of nitrogens with one attached hydrogen (secondary N) is 1. The zero-order chi connectivity index (χ0) is 14.5. The maximum Gasteiger partial charge on any atom is 0.262 e. The molecule has 0 aromatic carbocycles. The first kappa shape index (κ1) is 13.9. The van der Waals surface area contributed by atoms with Gasteiger partial charge in [0.25, 0.3) is 5.91 Å². The molecule has 0 radical (unpaired) electrons. The zero-order valence-electron chi connectivity index (χ0n) is 10.8. The van der Waals surface area contributed by atoms with Gasteiger partial charge in [0.15, 0.2) is 5.13 Å². The van der Waals surface area contributed by atoms with Gasteiger partial charge < -0.3 is 9.94 Å². The van der Waals surface area contributed by atoms with Crippen molar-refractivity contribution in [3.05, 3.63) is 35.0 Å². The number of nitrogens with zero attached hydrogens (tertiary/aromatic N) is 3. The Morgan fingerprint density at radius 1 is 1.55 bits per heavy atom. The third-order valence-corrected chi connectivity index (χ3v) is 3.21. The highest BCUT2D eigenvalue weighted by atomic mass is 32.1. The van der Waals surface area contributed by atoms with Gasteiger partial charge in [0.1, 0.15) is 17.0 Å². The Bertz CT molecular complexity index is 654. The molecule has 0 saturated heterocycles. The average Bonchev–Trinajstić information content (AvgIpc) is 2.94. The smallest absolute Gasteiger partial charge is 0.262 e. The van der Waals surface area contributed by atoms with Crippen molar-refractivity contribution in [3.8, 4) is 5.88 Å². The number of aromatic nitrogens is 2. The van der Waals surface area contributed by atoms with Crippen molar-refractivity contribution in [2.75, 3.05) is 12.4 Å². The molecule has 7 nitrogen and oxygen atoms in total. The summed E-state index contributed by atoms with van der Waals surface area (Å²) in [5.41, 5.74) is 1.20. The fourth-order valence-corrected chi connectivity index (χ4v) is 2.19. The number of hydrogen-bond acceptors (Lipinski definition) is 7. The minimum atomic E-state index is -0.366. The predicted octanol–water partition coefficient (Wildman–Crippen LogP) is 2.00. The predicted molar refractivity (Wildman–Crippen MR) is 74.9 cm³/mol. The maximum absolute atomic E-state index is 12.1. The highest BCUT2D eigenvalue weighted by Gasteiger charge is 2.15. The minimum absolute atomic E-state index is 0.245. The molecule has 1 amide bonds. The Morgan fingerprint density at radius 3 is 3.05 bits per heavy atom. The van der Waals surface area contributed by atoms with Gasteiger partial charge in [-0.25, -0.2) is 9.97 Å². The Balaban J connectivity index is 2.17. The second kappa shape index (κ2) is 6.11. The molecule has 0 aliphatic heterocycles. The van der Waals surface area contributed by atoms with E-state index in [1.54, 1.807) is 24.4 Å². The lowest BCUT2D eigenvalue weighted by atomic mass is 10.2. The van der Waals surface area contributed by atoms with Crippen molar-refractivity contribution in [2.24, 2.45) is 5.16 Å². The van der Waals surface area contributed by atoms with Gasteiger partial charge in [0.2, 0.25) is 5.88 Å². The first-order valence-electron chi connectivity index (χ1n) is 5.60. The molecule has 2 heterocycles. The van der Waals surface area contributed by atoms with Gasteiger partial charge in [-0.05, 0) is 19.1 Å². The van der Waals surface area contributed by atoms with Crippen LogP contribution in [0.15, 0.2) is 28.9 Å². The summed E-state index contributed by atoms with van der Waals surface area (Å²) in [6, 6.07) is 3.25. The van der Waals surface area contributed by atoms with Crippen molar-refractivity contribution in [2.45, 2.75) is 6.92 Å². The summed E-state index contributed by atoms with van der Waals surface area (Å²) in [6.45, 7) is 1.62. The third kappa shape index (κ3) is 2.91. The molecule has 2 aromatic rings. The summed E-state index contributed by atoms with van der Waals surface area (Å²) >= 11 is 1.23. The van der Waals surface area contributed by atoms with Gasteiger partial charge in [-0.2, -0.15) is 0 Å². The van der Waals surface area contributed by atoms with Crippen molar-refractivity contribution in [3.63, 3.8) is 0 Å². The summed E-state index contributed by atoms with van der Waals surface area (Å²) in [5.74, 6) is -0.121. The molecule has 2 N–H and O–H groups in total. The highest BCUT2D eigenvalue weighted by Crippen LogP contribution is 2.19. The Kier molecular flexibility index (Phi) is 4.26. The van der Waals surface area contributed by atoms with Crippen LogP contribution in [0.3, 0.4) is 0 Å². The van der Waals surface area contributed by atoms with E-state index in [-0.39, 0.29) is 11.8 Å². The van der Waals surface area contributed by atoms with Crippen molar-refractivity contribution < 1.29 is 14.7 Å². The number of pyridine rings is 1. The molecule has 0 atom stereocenters. The molecule has 0 aliphatic rings. The van der Waals surface area contributed by atoms with E-state index >= 15 is 0 Å². The van der Waals surface area contributed by atoms with Crippen molar-refractivity contribution in [1.82, 2.24) is 9.97 Å². The van der Waals surface area contributed by atoms with Crippen LogP contribution in [-0.4, -0.2) is 33.9 Å². The number of rotatable bonds is 4. The van der Waals surface area contributed by atoms with Gasteiger partial charge in [-0.15, -0.1) is 11.3 Å². The minimum Gasteiger partial charge on any atom is -0.480 e. The highest BCUT2D eigenvalue weighted by molar-refractivity contribution is 7.14. The van der Waals surface area contributed by atoms with Gasteiger partial charge in [-0.1, -0.05) is 5.16 Å². The summed E-state index contributed by atoms with van der Waals surface area (Å²) in [6.07, 6.45) is 1.54. The Hall–Kier alpha value is -2.48. The van der Waals surface area contributed by atoms with E-state index in [1.807, 2.05) is 0 Å². The van der Waals surface area contributed by atoms with Gasteiger partial charge in [-0.3, -0.25) is 10.1 Å². The molecule has 0 fully saturated rings. The average molecular weight is 292 g/mol. The zero-order valence-corrected chi connectivity index (χ0v) is 11.6. The molecule has 2 rings (SSSR count). The molecule has 20 heavy (non-hydrogen) atoms. The fraction of sp³-hybridized carbons (Fsp3) is 0.167. The Morgan fingerprint density at radius 2 is 2.35 bits per heavy atom. The van der Waals surface area contributed by atoms with Crippen LogP contribution in [0.5, 0.6) is 5.88 Å². The van der Waals surface area contributed by atoms with Gasteiger partial charge >= 0.3 is 0 Å². The number of methoxy groups -OCH3 is 1. The monoisotopic (exact) mass is 292 g/mol. The summed E-state index contributed by atoms with van der Waals surface area (Å²) in [4.78, 5) is 20.2. The second-order valence-electron chi connectivity index (χ2n) is 3.74. The molecule has 2 aromatic heterocycles. The van der Waals surface area contributed by atoms with E-state index in [1.165, 1.54) is 24.6 Å². The maximum atomic E-state index is 12.1. The number of ether oxygens (including phenoxy) is 1. The van der Waals surface area contributed by atoms with Crippen LogP contribution < -0.4 is 10.1 Å². The van der Waals surface area contributed by atoms with Crippen molar-refractivity contribution in [1.29, 1.82) is 0 Å². The van der Waals surface area contributed by atoms with Crippen LogP contribution in [0.1, 0.15) is 23.0 Å². The van der Waals surface area contributed by atoms with E-state index in [0.29, 0.717) is 22.1 Å². The lowest BCUT2D eigenvalue weighted by molar-refractivity contribution is 0.102. The molecule has 0 unspecified atom stereocenters. The van der Waals surface area contributed by atoms with Crippen LogP contribution in [0.4, 0.5) is 5.13 Å². The standard InChI is InChI=1S/C12H12N4O3S/c1-7(16-18)9-6-20-12(14-9)15-10(17)8-4-3-5-13-11(8)19-2/h3-6,18H,1-2H3,(H,14,15,17). The van der Waals surface area contributed by atoms with Gasteiger partial charge in [0, 0.05) is 11.6 Å².